The summed E-state index contributed by atoms with van der Waals surface area (Å²) in [5.41, 5.74) is 0. The summed E-state index contributed by atoms with van der Waals surface area (Å²) < 4.78 is 10.3. The Bertz CT molecular complexity index is 574. The average molecular weight is 583 g/mol. The van der Waals surface area contributed by atoms with Crippen molar-refractivity contribution in [3.8, 4) is 0 Å². The summed E-state index contributed by atoms with van der Waals surface area (Å²) in [6, 6.07) is 0. The summed E-state index contributed by atoms with van der Waals surface area (Å²) in [7, 11) is 0. The van der Waals surface area contributed by atoms with Crippen molar-refractivity contribution in [2.24, 2.45) is 11.8 Å². The Kier molecular flexibility index (Phi) is 29.5. The molecule has 0 spiro atoms. The minimum atomic E-state index is -0.955. The first-order valence-corrected chi connectivity index (χ1v) is 17.8. The van der Waals surface area contributed by atoms with Crippen molar-refractivity contribution in [1.29, 1.82) is 0 Å². The molecule has 0 aliphatic carbocycles. The van der Waals surface area contributed by atoms with Crippen LogP contribution in [0, 0.1) is 11.8 Å². The van der Waals surface area contributed by atoms with Gasteiger partial charge in [-0.15, -0.1) is 0 Å². The number of carbonyl (C=O) groups is 2. The Morgan fingerprint density at radius 3 is 0.951 bits per heavy atom. The number of aliphatic hydroxyl groups excluding tert-OH is 1. The Morgan fingerprint density at radius 2 is 0.683 bits per heavy atom. The lowest BCUT2D eigenvalue weighted by atomic mass is 10.0. The third-order valence-corrected chi connectivity index (χ3v) is 7.95. The number of unbranched alkanes of at least 4 members (excludes halogenated alkanes) is 19. The second kappa shape index (κ2) is 30.4. The number of carbonyl (C=O) groups excluding carboxylic acids is 2. The highest BCUT2D eigenvalue weighted by molar-refractivity contribution is 5.69. The molecule has 0 aliphatic heterocycles. The number of rotatable bonds is 31. The Labute approximate surface area is 255 Å². The minimum absolute atomic E-state index is 0.110. The highest BCUT2D eigenvalue weighted by atomic mass is 16.6. The first-order chi connectivity index (χ1) is 19.8. The lowest BCUT2D eigenvalue weighted by Crippen LogP contribution is -2.25. The van der Waals surface area contributed by atoms with Crippen LogP contribution in [0.3, 0.4) is 0 Å². The van der Waals surface area contributed by atoms with E-state index in [2.05, 4.69) is 27.7 Å². The molecule has 0 aromatic rings. The van der Waals surface area contributed by atoms with Gasteiger partial charge in [0.2, 0.25) is 0 Å². The van der Waals surface area contributed by atoms with E-state index in [-0.39, 0.29) is 25.2 Å². The number of aliphatic hydroxyl groups is 1. The summed E-state index contributed by atoms with van der Waals surface area (Å²) in [5.74, 6) is 1.10. The van der Waals surface area contributed by atoms with E-state index >= 15 is 0 Å². The third-order valence-electron chi connectivity index (χ3n) is 7.95. The van der Waals surface area contributed by atoms with Crippen molar-refractivity contribution in [1.82, 2.24) is 0 Å². The van der Waals surface area contributed by atoms with Gasteiger partial charge in [-0.05, 0) is 24.7 Å². The van der Waals surface area contributed by atoms with E-state index in [1.54, 1.807) is 0 Å². The molecule has 0 fully saturated rings. The molecule has 0 radical (unpaired) electrons. The highest BCUT2D eigenvalue weighted by Crippen LogP contribution is 2.15. The van der Waals surface area contributed by atoms with Gasteiger partial charge in [0.1, 0.15) is 19.3 Å². The second-order valence-corrected chi connectivity index (χ2v) is 13.3. The lowest BCUT2D eigenvalue weighted by Gasteiger charge is -2.12. The molecule has 0 unspecified atom stereocenters. The molecule has 0 aromatic carbocycles. The second-order valence-electron chi connectivity index (χ2n) is 13.3. The van der Waals surface area contributed by atoms with E-state index in [0.717, 1.165) is 43.9 Å². The number of hydrogen-bond donors (Lipinski definition) is 1. The summed E-state index contributed by atoms with van der Waals surface area (Å²) >= 11 is 0. The van der Waals surface area contributed by atoms with Crippen LogP contribution >= 0.6 is 0 Å². The van der Waals surface area contributed by atoms with E-state index in [9.17, 15) is 14.7 Å². The molecule has 0 rings (SSSR count). The van der Waals surface area contributed by atoms with Gasteiger partial charge in [0.15, 0.2) is 0 Å². The first-order valence-electron chi connectivity index (χ1n) is 17.8. The van der Waals surface area contributed by atoms with E-state index in [4.69, 9.17) is 9.47 Å². The Hall–Kier alpha value is -1.10. The normalized spacial score (nSPS) is 12.3. The zero-order valence-corrected chi connectivity index (χ0v) is 27.9. The fraction of sp³-hybridized carbons (Fsp3) is 0.944. The van der Waals surface area contributed by atoms with E-state index < -0.39 is 6.10 Å². The predicted molar refractivity (Wildman–Crippen MR) is 173 cm³/mol. The van der Waals surface area contributed by atoms with Gasteiger partial charge in [0.25, 0.3) is 0 Å². The Morgan fingerprint density at radius 1 is 0.439 bits per heavy atom. The van der Waals surface area contributed by atoms with Crippen molar-refractivity contribution < 1.29 is 24.2 Å². The molecule has 1 N–H and O–H groups in total. The van der Waals surface area contributed by atoms with Crippen LogP contribution in [0.1, 0.15) is 188 Å². The van der Waals surface area contributed by atoms with Crippen LogP contribution in [0.15, 0.2) is 0 Å². The smallest absolute Gasteiger partial charge is 0.305 e. The molecule has 5 heteroatoms. The third kappa shape index (κ3) is 33.3. The quantitative estimate of drug-likeness (QED) is 0.0650. The van der Waals surface area contributed by atoms with Gasteiger partial charge in [-0.1, -0.05) is 163 Å². The molecule has 0 saturated carbocycles. The summed E-state index contributed by atoms with van der Waals surface area (Å²) in [6.45, 7) is 8.97. The van der Waals surface area contributed by atoms with Crippen LogP contribution < -0.4 is 0 Å². The summed E-state index contributed by atoms with van der Waals surface area (Å²) in [4.78, 5) is 23.8. The average Bonchev–Trinajstić information content (AvgIpc) is 2.93. The van der Waals surface area contributed by atoms with Gasteiger partial charge < -0.3 is 14.6 Å². The standard InChI is InChI=1S/C36H70O5/c1-32(2)26-22-18-14-10-7-5-6-8-12-16-20-24-28-35(38)40-30-34(37)31-41-36(39)29-25-21-17-13-9-11-15-19-23-27-33(3)4/h32-34,37H,5-31H2,1-4H3/t34-/m0/s1. The first kappa shape index (κ1) is 39.9. The minimum Gasteiger partial charge on any atom is -0.463 e. The van der Waals surface area contributed by atoms with Gasteiger partial charge >= 0.3 is 11.9 Å². The van der Waals surface area contributed by atoms with Gasteiger partial charge in [0, 0.05) is 12.8 Å². The fourth-order valence-electron chi connectivity index (χ4n) is 5.22. The number of esters is 2. The van der Waals surface area contributed by atoms with Crippen LogP contribution in [-0.2, 0) is 19.1 Å². The Balaban J connectivity index is 3.41. The molecular formula is C36H70O5. The fourth-order valence-corrected chi connectivity index (χ4v) is 5.22. The molecule has 41 heavy (non-hydrogen) atoms. The van der Waals surface area contributed by atoms with Crippen molar-refractivity contribution in [2.75, 3.05) is 13.2 Å². The largest absolute Gasteiger partial charge is 0.463 e. The maximum atomic E-state index is 11.9. The lowest BCUT2D eigenvalue weighted by molar-refractivity contribution is -0.152. The van der Waals surface area contributed by atoms with Gasteiger partial charge in [-0.25, -0.2) is 0 Å². The van der Waals surface area contributed by atoms with Gasteiger partial charge in [-0.3, -0.25) is 9.59 Å². The maximum absolute atomic E-state index is 11.9. The van der Waals surface area contributed by atoms with Crippen LogP contribution in [0.2, 0.25) is 0 Å². The zero-order valence-electron chi connectivity index (χ0n) is 27.9. The SMILES string of the molecule is CC(C)CCCCCCCCCCCCCCC(=O)OC[C@H](O)COC(=O)CCCCCCCCCCCC(C)C. The van der Waals surface area contributed by atoms with Crippen molar-refractivity contribution in [3.63, 3.8) is 0 Å². The van der Waals surface area contributed by atoms with Gasteiger partial charge in [-0.2, -0.15) is 0 Å². The molecule has 0 heterocycles. The number of hydrogen-bond acceptors (Lipinski definition) is 5. The molecule has 1 atom stereocenters. The molecule has 0 saturated heterocycles. The zero-order chi connectivity index (χ0) is 30.4. The van der Waals surface area contributed by atoms with Crippen LogP contribution in [0.4, 0.5) is 0 Å². The molecule has 0 bridgehead atoms. The number of ether oxygens (including phenoxy) is 2. The molecule has 244 valence electrons. The predicted octanol–water partition coefficient (Wildman–Crippen LogP) is 10.5. The molecule has 0 aliphatic rings. The molecule has 0 aromatic heterocycles. The molecule has 0 amide bonds. The van der Waals surface area contributed by atoms with Crippen LogP contribution in [-0.4, -0.2) is 36.4 Å². The van der Waals surface area contributed by atoms with E-state index in [1.807, 2.05) is 0 Å². The topological polar surface area (TPSA) is 72.8 Å². The maximum Gasteiger partial charge on any atom is 0.305 e. The van der Waals surface area contributed by atoms with Crippen molar-refractivity contribution in [3.05, 3.63) is 0 Å². The van der Waals surface area contributed by atoms with Crippen molar-refractivity contribution >= 4 is 11.9 Å². The molecule has 5 nitrogen and oxygen atoms in total. The summed E-state index contributed by atoms with van der Waals surface area (Å²) in [6.07, 6.45) is 28.7. The monoisotopic (exact) mass is 583 g/mol. The van der Waals surface area contributed by atoms with E-state index in [0.29, 0.717) is 12.8 Å². The summed E-state index contributed by atoms with van der Waals surface area (Å²) in [5, 5.41) is 9.97. The van der Waals surface area contributed by atoms with E-state index in [1.165, 1.54) is 116 Å². The van der Waals surface area contributed by atoms with Crippen LogP contribution in [0.5, 0.6) is 0 Å². The molecular weight excluding hydrogens is 512 g/mol. The highest BCUT2D eigenvalue weighted by Gasteiger charge is 2.12. The van der Waals surface area contributed by atoms with Crippen molar-refractivity contribution in [2.45, 2.75) is 194 Å². The van der Waals surface area contributed by atoms with Gasteiger partial charge in [0.05, 0.1) is 0 Å². The van der Waals surface area contributed by atoms with Crippen LogP contribution in [0.25, 0.3) is 0 Å².